The fourth-order valence-electron chi connectivity index (χ4n) is 3.58. The lowest BCUT2D eigenvalue weighted by atomic mass is 9.87. The summed E-state index contributed by atoms with van der Waals surface area (Å²) in [5.41, 5.74) is 8.22. The molecule has 0 radical (unpaired) electrons. The van der Waals surface area contributed by atoms with E-state index in [0.717, 1.165) is 44.5 Å². The van der Waals surface area contributed by atoms with Gasteiger partial charge in [-0.25, -0.2) is 0 Å². The molecule has 0 saturated heterocycles. The Balaban J connectivity index is 2.60. The van der Waals surface area contributed by atoms with Gasteiger partial charge in [-0.1, -0.05) is 40.5 Å². The molecule has 0 saturated carbocycles. The average molecular weight is 311 g/mol. The van der Waals surface area contributed by atoms with E-state index in [-0.39, 0.29) is 0 Å². The number of rotatable bonds is 3. The lowest BCUT2D eigenvalue weighted by Crippen LogP contribution is -2.18. The molecule has 2 N–H and O–H groups in total. The normalized spacial score (nSPS) is 13.3. The van der Waals surface area contributed by atoms with Crippen molar-refractivity contribution in [3.8, 4) is 0 Å². The van der Waals surface area contributed by atoms with Crippen molar-refractivity contribution in [1.29, 1.82) is 0 Å². The lowest BCUT2D eigenvalue weighted by Gasteiger charge is -2.21. The minimum Gasteiger partial charge on any atom is -0.411 e. The Morgan fingerprint density at radius 3 is 1.57 bits per heavy atom. The average Bonchev–Trinajstić information content (AvgIpc) is 2.41. The largest absolute Gasteiger partial charge is 0.411 e. The molecule has 0 aliphatic rings. The maximum Gasteiger partial charge on any atom is 0.125 e. The van der Waals surface area contributed by atoms with Crippen molar-refractivity contribution < 1.29 is 10.3 Å². The van der Waals surface area contributed by atoms with E-state index in [9.17, 15) is 10.3 Å². The number of oxime groups is 1. The Hall–Kier alpha value is -2.13. The third-order valence-corrected chi connectivity index (χ3v) is 4.31. The third kappa shape index (κ3) is 3.30. The van der Waals surface area contributed by atoms with Gasteiger partial charge in [-0.15, -0.1) is 0 Å². The van der Waals surface area contributed by atoms with Crippen LogP contribution in [0, 0.1) is 41.5 Å². The van der Waals surface area contributed by atoms with Crippen molar-refractivity contribution in [2.75, 3.05) is 0 Å². The van der Waals surface area contributed by atoms with Crippen LogP contribution in [0.2, 0.25) is 0 Å². The summed E-state index contributed by atoms with van der Waals surface area (Å²) in [6.45, 7) is 12.0. The summed E-state index contributed by atoms with van der Waals surface area (Å²) < 4.78 is 0. The van der Waals surface area contributed by atoms with Crippen molar-refractivity contribution in [1.82, 2.24) is 0 Å². The van der Waals surface area contributed by atoms with Gasteiger partial charge in [0.25, 0.3) is 0 Å². The monoisotopic (exact) mass is 311 g/mol. The van der Waals surface area contributed by atoms with E-state index in [1.54, 1.807) is 0 Å². The molecule has 0 spiro atoms. The Morgan fingerprint density at radius 1 is 0.783 bits per heavy atom. The van der Waals surface area contributed by atoms with Crippen LogP contribution in [-0.4, -0.2) is 16.0 Å². The molecule has 0 bridgehead atoms. The number of aliphatic hydroxyl groups is 1. The molecule has 122 valence electrons. The molecule has 0 aliphatic heterocycles. The lowest BCUT2D eigenvalue weighted by molar-refractivity contribution is 0.234. The molecule has 0 aliphatic carbocycles. The van der Waals surface area contributed by atoms with Crippen LogP contribution in [-0.2, 0) is 0 Å². The summed E-state index contributed by atoms with van der Waals surface area (Å²) in [6.07, 6.45) is -0.958. The minimum absolute atomic E-state index is 0.301. The highest BCUT2D eigenvalue weighted by atomic mass is 16.4. The van der Waals surface area contributed by atoms with Crippen molar-refractivity contribution in [3.63, 3.8) is 0 Å². The predicted molar refractivity (Wildman–Crippen MR) is 94.6 cm³/mol. The van der Waals surface area contributed by atoms with E-state index < -0.39 is 6.10 Å². The van der Waals surface area contributed by atoms with E-state index in [4.69, 9.17) is 0 Å². The predicted octanol–water partition coefficient (Wildman–Crippen LogP) is 4.45. The van der Waals surface area contributed by atoms with E-state index in [0.29, 0.717) is 5.71 Å². The van der Waals surface area contributed by atoms with E-state index in [1.807, 2.05) is 65.8 Å². The number of aryl methyl sites for hydroxylation is 6. The summed E-state index contributed by atoms with van der Waals surface area (Å²) in [5, 5.41) is 24.0. The van der Waals surface area contributed by atoms with Crippen LogP contribution in [0.1, 0.15) is 50.6 Å². The van der Waals surface area contributed by atoms with Crippen LogP contribution in [0.5, 0.6) is 0 Å². The molecule has 3 heteroatoms. The Labute approximate surface area is 138 Å². The molecule has 0 aromatic heterocycles. The van der Waals surface area contributed by atoms with Gasteiger partial charge in [0.15, 0.2) is 0 Å². The van der Waals surface area contributed by atoms with Gasteiger partial charge >= 0.3 is 0 Å². The van der Waals surface area contributed by atoms with Crippen molar-refractivity contribution in [2.45, 2.75) is 47.6 Å². The third-order valence-electron chi connectivity index (χ3n) is 4.31. The summed E-state index contributed by atoms with van der Waals surface area (Å²) in [4.78, 5) is 0. The van der Waals surface area contributed by atoms with Gasteiger partial charge in [0.2, 0.25) is 0 Å². The first-order valence-electron chi connectivity index (χ1n) is 7.82. The van der Waals surface area contributed by atoms with Gasteiger partial charge in [-0.2, -0.15) is 0 Å². The number of benzene rings is 2. The van der Waals surface area contributed by atoms with Crippen LogP contribution in [0.3, 0.4) is 0 Å². The molecule has 23 heavy (non-hydrogen) atoms. The summed E-state index contributed by atoms with van der Waals surface area (Å²) in [7, 11) is 0. The maximum atomic E-state index is 10.9. The smallest absolute Gasteiger partial charge is 0.125 e. The molecule has 1 unspecified atom stereocenters. The quantitative estimate of drug-likeness (QED) is 0.500. The molecular formula is C20H25NO2. The molecule has 2 aromatic rings. The van der Waals surface area contributed by atoms with E-state index in [2.05, 4.69) is 5.16 Å². The van der Waals surface area contributed by atoms with E-state index in [1.165, 1.54) is 0 Å². The topological polar surface area (TPSA) is 52.8 Å². The highest BCUT2D eigenvalue weighted by Gasteiger charge is 2.24. The van der Waals surface area contributed by atoms with Crippen LogP contribution in [0.15, 0.2) is 29.4 Å². The van der Waals surface area contributed by atoms with Gasteiger partial charge in [0, 0.05) is 5.56 Å². The highest BCUT2D eigenvalue weighted by Crippen LogP contribution is 2.29. The van der Waals surface area contributed by atoms with Crippen LogP contribution < -0.4 is 0 Å². The minimum atomic E-state index is -0.958. The fraction of sp³-hybridized carbons (Fsp3) is 0.350. The van der Waals surface area contributed by atoms with Gasteiger partial charge in [0.05, 0.1) is 0 Å². The Bertz CT molecular complexity index is 729. The highest BCUT2D eigenvalue weighted by molar-refractivity contribution is 6.06. The summed E-state index contributed by atoms with van der Waals surface area (Å²) in [5.74, 6) is 0. The molecule has 0 heterocycles. The number of nitrogens with zero attached hydrogens (tertiary/aromatic N) is 1. The number of hydrogen-bond acceptors (Lipinski definition) is 3. The van der Waals surface area contributed by atoms with Crippen molar-refractivity contribution >= 4 is 5.71 Å². The Kier molecular flexibility index (Phi) is 4.90. The summed E-state index contributed by atoms with van der Waals surface area (Å²) in [6, 6.07) is 8.15. The first-order valence-corrected chi connectivity index (χ1v) is 7.82. The number of hydrogen-bond donors (Lipinski definition) is 2. The SMILES string of the molecule is Cc1cc(C)c(C(=NO)C(O)c2c(C)cc(C)cc2C)c(C)c1. The van der Waals surface area contributed by atoms with Crippen LogP contribution in [0.4, 0.5) is 0 Å². The zero-order valence-corrected chi connectivity index (χ0v) is 14.7. The molecular weight excluding hydrogens is 286 g/mol. The van der Waals surface area contributed by atoms with Gasteiger partial charge in [-0.05, 0) is 69.4 Å². The second-order valence-corrected chi connectivity index (χ2v) is 6.47. The Morgan fingerprint density at radius 2 is 1.17 bits per heavy atom. The molecule has 3 nitrogen and oxygen atoms in total. The molecule has 1 atom stereocenters. The standard InChI is InChI=1S/C20H25NO2/c1-11-7-13(3)17(14(4)8-11)19(21-23)20(22)18-15(5)9-12(2)10-16(18)6/h7-10,20,22-23H,1-6H3. The maximum absolute atomic E-state index is 10.9. The van der Waals surface area contributed by atoms with Crippen LogP contribution in [0.25, 0.3) is 0 Å². The first kappa shape index (κ1) is 17.2. The zero-order chi connectivity index (χ0) is 17.3. The number of aliphatic hydroxyl groups excluding tert-OH is 1. The molecule has 0 amide bonds. The molecule has 0 fully saturated rings. The van der Waals surface area contributed by atoms with Crippen molar-refractivity contribution in [3.05, 3.63) is 68.8 Å². The molecule has 2 aromatic carbocycles. The first-order chi connectivity index (χ1) is 10.8. The van der Waals surface area contributed by atoms with Gasteiger partial charge < -0.3 is 10.3 Å². The van der Waals surface area contributed by atoms with Gasteiger partial charge in [-0.3, -0.25) is 0 Å². The zero-order valence-electron chi connectivity index (χ0n) is 14.7. The van der Waals surface area contributed by atoms with Crippen molar-refractivity contribution in [2.24, 2.45) is 5.16 Å². The van der Waals surface area contributed by atoms with Gasteiger partial charge in [0.1, 0.15) is 11.8 Å². The van der Waals surface area contributed by atoms with Crippen LogP contribution >= 0.6 is 0 Å². The summed E-state index contributed by atoms with van der Waals surface area (Å²) >= 11 is 0. The second kappa shape index (κ2) is 6.55. The second-order valence-electron chi connectivity index (χ2n) is 6.47. The van der Waals surface area contributed by atoms with E-state index >= 15 is 0 Å². The fourth-order valence-corrected chi connectivity index (χ4v) is 3.58. The molecule has 2 rings (SSSR count).